The molecule has 0 bridgehead atoms. The second-order valence-corrected chi connectivity index (χ2v) is 8.14. The molecule has 0 spiro atoms. The van der Waals surface area contributed by atoms with Gasteiger partial charge in [0.25, 0.3) is 0 Å². The molecule has 2 aliphatic rings. The van der Waals surface area contributed by atoms with Gasteiger partial charge in [-0.15, -0.1) is 0 Å². The van der Waals surface area contributed by atoms with Gasteiger partial charge in [-0.25, -0.2) is 4.98 Å². The molecule has 4 rings (SSSR count). The number of piperazine rings is 1. The summed E-state index contributed by atoms with van der Waals surface area (Å²) in [6, 6.07) is 4.70. The van der Waals surface area contributed by atoms with E-state index in [0.29, 0.717) is 49.6 Å². The summed E-state index contributed by atoms with van der Waals surface area (Å²) in [6.45, 7) is 3.89. The normalized spacial score (nSPS) is 22.0. The van der Waals surface area contributed by atoms with Crippen LogP contribution < -0.4 is 4.90 Å². The summed E-state index contributed by atoms with van der Waals surface area (Å²) < 4.78 is 44.1. The maximum absolute atomic E-state index is 12.8. The SMILES string of the molecule is CC1CC1c1ccc(/C=C/C(=O)N2CCN(c3ncc(C(F)(F)F)cc3Cl)CC2)o1. The summed E-state index contributed by atoms with van der Waals surface area (Å²) in [5.74, 6) is 2.91. The van der Waals surface area contributed by atoms with Crippen molar-refractivity contribution in [3.63, 3.8) is 0 Å². The maximum atomic E-state index is 12.8. The van der Waals surface area contributed by atoms with Gasteiger partial charge in [-0.2, -0.15) is 13.2 Å². The Kier molecular flexibility index (Phi) is 5.53. The van der Waals surface area contributed by atoms with E-state index < -0.39 is 11.7 Å². The number of pyridine rings is 1. The van der Waals surface area contributed by atoms with E-state index >= 15 is 0 Å². The number of carbonyl (C=O) groups excluding carboxylic acids is 1. The molecular weight excluding hydrogens is 419 g/mol. The number of alkyl halides is 3. The van der Waals surface area contributed by atoms with E-state index in [4.69, 9.17) is 16.0 Å². The lowest BCUT2D eigenvalue weighted by molar-refractivity contribution is -0.137. The molecule has 2 atom stereocenters. The number of halogens is 4. The average molecular weight is 440 g/mol. The van der Waals surface area contributed by atoms with Gasteiger partial charge < -0.3 is 14.2 Å². The Morgan fingerprint density at radius 1 is 1.27 bits per heavy atom. The topological polar surface area (TPSA) is 49.6 Å². The van der Waals surface area contributed by atoms with Crippen molar-refractivity contribution in [3.8, 4) is 0 Å². The zero-order valence-corrected chi connectivity index (χ0v) is 17.1. The van der Waals surface area contributed by atoms with Crippen molar-refractivity contribution in [2.45, 2.75) is 25.4 Å². The van der Waals surface area contributed by atoms with Crippen molar-refractivity contribution in [2.75, 3.05) is 31.1 Å². The lowest BCUT2D eigenvalue weighted by Crippen LogP contribution is -2.48. The van der Waals surface area contributed by atoms with E-state index in [1.165, 1.54) is 6.08 Å². The molecule has 1 aliphatic carbocycles. The number of nitrogens with zero attached hydrogens (tertiary/aromatic N) is 3. The summed E-state index contributed by atoms with van der Waals surface area (Å²) >= 11 is 6.02. The molecule has 1 saturated heterocycles. The number of carbonyl (C=O) groups is 1. The third-order valence-electron chi connectivity index (χ3n) is 5.55. The molecule has 2 fully saturated rings. The van der Waals surface area contributed by atoms with E-state index in [9.17, 15) is 18.0 Å². The third-order valence-corrected chi connectivity index (χ3v) is 5.83. The molecule has 160 valence electrons. The molecule has 0 radical (unpaired) electrons. The quantitative estimate of drug-likeness (QED) is 0.640. The van der Waals surface area contributed by atoms with Crippen molar-refractivity contribution in [1.82, 2.24) is 9.88 Å². The minimum atomic E-state index is -4.49. The third kappa shape index (κ3) is 4.48. The van der Waals surface area contributed by atoms with Gasteiger partial charge in [0.15, 0.2) is 0 Å². The Bertz CT molecular complexity index is 965. The molecule has 1 saturated carbocycles. The summed E-state index contributed by atoms with van der Waals surface area (Å²) in [4.78, 5) is 19.8. The minimum Gasteiger partial charge on any atom is -0.461 e. The number of aromatic nitrogens is 1. The fraction of sp³-hybridized carbons (Fsp3) is 0.429. The zero-order chi connectivity index (χ0) is 21.5. The predicted octanol–water partition coefficient (Wildman–Crippen LogP) is 4.83. The molecule has 9 heteroatoms. The summed E-state index contributed by atoms with van der Waals surface area (Å²) in [5.41, 5.74) is -0.882. The fourth-order valence-corrected chi connectivity index (χ4v) is 3.88. The van der Waals surface area contributed by atoms with Crippen LogP contribution in [0.1, 0.15) is 36.3 Å². The second-order valence-electron chi connectivity index (χ2n) is 7.73. The lowest BCUT2D eigenvalue weighted by Gasteiger charge is -2.35. The molecule has 1 aliphatic heterocycles. The van der Waals surface area contributed by atoms with E-state index in [1.54, 1.807) is 15.9 Å². The summed E-state index contributed by atoms with van der Waals surface area (Å²) in [7, 11) is 0. The van der Waals surface area contributed by atoms with Gasteiger partial charge in [0, 0.05) is 44.4 Å². The van der Waals surface area contributed by atoms with Crippen LogP contribution >= 0.6 is 11.6 Å². The van der Waals surface area contributed by atoms with Crippen molar-refractivity contribution < 1.29 is 22.4 Å². The molecule has 2 aromatic heterocycles. The molecule has 1 amide bonds. The molecular formula is C21H21ClF3N3O2. The van der Waals surface area contributed by atoms with E-state index in [2.05, 4.69) is 11.9 Å². The Balaban J connectivity index is 1.33. The van der Waals surface area contributed by atoms with Crippen molar-refractivity contribution in [1.29, 1.82) is 0 Å². The first kappa shape index (κ1) is 20.8. The molecule has 2 aromatic rings. The van der Waals surface area contributed by atoms with E-state index in [1.807, 2.05) is 12.1 Å². The van der Waals surface area contributed by atoms with Gasteiger partial charge in [-0.05, 0) is 36.6 Å². The number of furan rings is 1. The van der Waals surface area contributed by atoms with Gasteiger partial charge in [0.1, 0.15) is 17.3 Å². The highest BCUT2D eigenvalue weighted by atomic mass is 35.5. The second kappa shape index (κ2) is 7.98. The largest absolute Gasteiger partial charge is 0.461 e. The van der Waals surface area contributed by atoms with E-state index in [0.717, 1.165) is 24.4 Å². The van der Waals surface area contributed by atoms with Crippen LogP contribution in [0.3, 0.4) is 0 Å². The van der Waals surface area contributed by atoms with Crippen LogP contribution in [0.25, 0.3) is 6.08 Å². The smallest absolute Gasteiger partial charge is 0.417 e. The van der Waals surface area contributed by atoms with Crippen LogP contribution in [0.5, 0.6) is 0 Å². The van der Waals surface area contributed by atoms with E-state index in [-0.39, 0.29) is 10.9 Å². The Labute approximate surface area is 177 Å². The molecule has 3 heterocycles. The van der Waals surface area contributed by atoms with Crippen molar-refractivity contribution >= 4 is 29.4 Å². The van der Waals surface area contributed by atoms with Gasteiger partial charge in [-0.3, -0.25) is 4.79 Å². The van der Waals surface area contributed by atoms with Crippen molar-refractivity contribution in [3.05, 3.63) is 52.6 Å². The first-order valence-electron chi connectivity index (χ1n) is 9.77. The molecule has 0 aromatic carbocycles. The summed E-state index contributed by atoms with van der Waals surface area (Å²) in [6.07, 6.45) is 0.578. The van der Waals surface area contributed by atoms with Gasteiger partial charge in [-0.1, -0.05) is 18.5 Å². The Morgan fingerprint density at radius 3 is 2.57 bits per heavy atom. The number of hydrogen-bond donors (Lipinski definition) is 0. The van der Waals surface area contributed by atoms with Crippen LogP contribution in [0.4, 0.5) is 19.0 Å². The van der Waals surface area contributed by atoms with Crippen LogP contribution in [0, 0.1) is 5.92 Å². The number of amides is 1. The molecule has 5 nitrogen and oxygen atoms in total. The molecule has 0 N–H and O–H groups in total. The molecule has 30 heavy (non-hydrogen) atoms. The zero-order valence-electron chi connectivity index (χ0n) is 16.3. The highest BCUT2D eigenvalue weighted by molar-refractivity contribution is 6.33. The highest BCUT2D eigenvalue weighted by Crippen LogP contribution is 2.47. The highest BCUT2D eigenvalue weighted by Gasteiger charge is 2.36. The van der Waals surface area contributed by atoms with Crippen LogP contribution in [-0.4, -0.2) is 42.0 Å². The predicted molar refractivity (Wildman–Crippen MR) is 107 cm³/mol. The van der Waals surface area contributed by atoms with Crippen molar-refractivity contribution in [2.24, 2.45) is 5.92 Å². The van der Waals surface area contributed by atoms with Gasteiger partial charge >= 0.3 is 6.18 Å². The Morgan fingerprint density at radius 2 is 1.97 bits per heavy atom. The van der Waals surface area contributed by atoms with Crippen LogP contribution in [0.2, 0.25) is 5.02 Å². The number of hydrogen-bond acceptors (Lipinski definition) is 4. The Hall–Kier alpha value is -2.48. The summed E-state index contributed by atoms with van der Waals surface area (Å²) in [5, 5.41) is -0.0527. The standard InChI is InChI=1S/C21H21ClF3N3O2/c1-13-10-16(13)18-4-2-15(30-18)3-5-19(29)27-6-8-28(9-7-27)20-17(22)11-14(12-26-20)21(23,24)25/h2-5,11-13,16H,6-10H2,1H3/b5-3+. The van der Waals surface area contributed by atoms with Gasteiger partial charge in [0.05, 0.1) is 10.6 Å². The minimum absolute atomic E-state index is 0.0527. The maximum Gasteiger partial charge on any atom is 0.417 e. The van der Waals surface area contributed by atoms with Crippen LogP contribution in [-0.2, 0) is 11.0 Å². The van der Waals surface area contributed by atoms with Gasteiger partial charge in [0.2, 0.25) is 5.91 Å². The first-order valence-corrected chi connectivity index (χ1v) is 10.1. The van der Waals surface area contributed by atoms with Crippen LogP contribution in [0.15, 0.2) is 34.9 Å². The number of rotatable bonds is 4. The lowest BCUT2D eigenvalue weighted by atomic mass is 10.2. The first-order chi connectivity index (χ1) is 14.2. The fourth-order valence-electron chi connectivity index (χ4n) is 3.59. The molecule has 2 unspecified atom stereocenters. The average Bonchev–Trinajstić information content (AvgIpc) is 3.25. The monoisotopic (exact) mass is 439 g/mol. The number of anilines is 1.